The molecule has 0 unspecified atom stereocenters. The number of carbonyl (C=O) groups excluding carboxylic acids is 1. The average Bonchev–Trinajstić information content (AvgIpc) is 2.13. The third-order valence-corrected chi connectivity index (χ3v) is 1.78. The Morgan fingerprint density at radius 3 is 2.31 bits per heavy atom. The monoisotopic (exact) mass is 190 g/mol. The molecule has 0 heterocycles. The topological polar surface area (TPSA) is 44.8 Å². The first-order valence-corrected chi connectivity index (χ1v) is 4.20. The van der Waals surface area contributed by atoms with E-state index < -0.39 is 5.79 Å². The summed E-state index contributed by atoms with van der Waals surface area (Å²) in [5.41, 5.74) is 0. The second-order valence-corrected chi connectivity index (χ2v) is 3.34. The molecule has 0 spiro atoms. The Kier molecular flexibility index (Phi) is 4.95. The van der Waals surface area contributed by atoms with Gasteiger partial charge in [0.05, 0.1) is 19.6 Å². The number of rotatable bonds is 5. The average molecular weight is 190 g/mol. The second kappa shape index (κ2) is 5.19. The quantitative estimate of drug-likeness (QED) is 0.482. The fourth-order valence-electron chi connectivity index (χ4n) is 0.654. The van der Waals surface area contributed by atoms with Crippen molar-refractivity contribution in [3.8, 4) is 0 Å². The predicted molar refractivity (Wildman–Crippen MR) is 48.2 cm³/mol. The van der Waals surface area contributed by atoms with Crippen molar-refractivity contribution in [3.63, 3.8) is 0 Å². The molecular weight excluding hydrogens is 172 g/mol. The number of hydrogen-bond acceptors (Lipinski definition) is 4. The van der Waals surface area contributed by atoms with Gasteiger partial charge in [0.25, 0.3) is 0 Å². The van der Waals surface area contributed by atoms with Gasteiger partial charge in [-0.3, -0.25) is 4.79 Å². The van der Waals surface area contributed by atoms with E-state index in [2.05, 4.69) is 4.74 Å². The van der Waals surface area contributed by atoms with E-state index in [0.29, 0.717) is 6.61 Å². The van der Waals surface area contributed by atoms with Crippen LogP contribution in [0, 0.1) is 5.92 Å². The Morgan fingerprint density at radius 2 is 1.92 bits per heavy atom. The molecule has 4 heteroatoms. The zero-order valence-corrected chi connectivity index (χ0v) is 8.92. The number of esters is 1. The lowest BCUT2D eigenvalue weighted by atomic mass is 10.2. The van der Waals surface area contributed by atoms with Gasteiger partial charge in [-0.05, 0) is 20.8 Å². The number of methoxy groups -OCH3 is 2. The van der Waals surface area contributed by atoms with Crippen molar-refractivity contribution in [2.45, 2.75) is 26.6 Å². The molecule has 0 saturated carbocycles. The summed E-state index contributed by atoms with van der Waals surface area (Å²) in [5, 5.41) is 0. The Labute approximate surface area is 79.2 Å². The summed E-state index contributed by atoms with van der Waals surface area (Å²) in [6.07, 6.45) is 0. The summed E-state index contributed by atoms with van der Waals surface area (Å²) in [4.78, 5) is 11.0. The Morgan fingerprint density at radius 1 is 1.38 bits per heavy atom. The van der Waals surface area contributed by atoms with Crippen LogP contribution in [0.1, 0.15) is 20.8 Å². The van der Waals surface area contributed by atoms with E-state index in [1.165, 1.54) is 7.11 Å². The number of hydrogen-bond donors (Lipinski definition) is 0. The van der Waals surface area contributed by atoms with Crippen LogP contribution in [0.25, 0.3) is 0 Å². The fraction of sp³-hybridized carbons (Fsp3) is 0.889. The van der Waals surface area contributed by atoms with Crippen LogP contribution >= 0.6 is 0 Å². The molecule has 0 radical (unpaired) electrons. The van der Waals surface area contributed by atoms with Crippen molar-refractivity contribution in [1.82, 2.24) is 0 Å². The standard InChI is InChI=1S/C9H18O4/c1-7(8(10)11-4)6-13-9(2,3)12-5/h7H,6H2,1-5H3/t7-/m0/s1. The minimum Gasteiger partial charge on any atom is -0.469 e. The van der Waals surface area contributed by atoms with Gasteiger partial charge in [-0.25, -0.2) is 0 Å². The first-order chi connectivity index (χ1) is 5.93. The summed E-state index contributed by atoms with van der Waals surface area (Å²) < 4.78 is 14.9. The van der Waals surface area contributed by atoms with E-state index in [4.69, 9.17) is 9.47 Å². The van der Waals surface area contributed by atoms with Crippen molar-refractivity contribution < 1.29 is 19.0 Å². The summed E-state index contributed by atoms with van der Waals surface area (Å²) in [5.74, 6) is -1.19. The van der Waals surface area contributed by atoms with E-state index in [9.17, 15) is 4.79 Å². The minimum absolute atomic E-state index is 0.264. The third kappa shape index (κ3) is 4.85. The first-order valence-electron chi connectivity index (χ1n) is 4.20. The molecule has 0 N–H and O–H groups in total. The normalized spacial score (nSPS) is 13.9. The van der Waals surface area contributed by atoms with Crippen molar-refractivity contribution in [1.29, 1.82) is 0 Å². The van der Waals surface area contributed by atoms with Crippen molar-refractivity contribution in [2.24, 2.45) is 5.92 Å². The van der Waals surface area contributed by atoms with Crippen molar-refractivity contribution >= 4 is 5.97 Å². The maximum Gasteiger partial charge on any atom is 0.310 e. The summed E-state index contributed by atoms with van der Waals surface area (Å²) in [7, 11) is 2.92. The van der Waals surface area contributed by atoms with Crippen LogP contribution in [0.3, 0.4) is 0 Å². The highest BCUT2D eigenvalue weighted by Crippen LogP contribution is 2.11. The van der Waals surface area contributed by atoms with Gasteiger partial charge in [0.1, 0.15) is 0 Å². The van der Waals surface area contributed by atoms with Gasteiger partial charge in [0.2, 0.25) is 0 Å². The Balaban J connectivity index is 3.82. The summed E-state index contributed by atoms with van der Waals surface area (Å²) >= 11 is 0. The highest BCUT2D eigenvalue weighted by molar-refractivity contribution is 5.71. The molecule has 0 fully saturated rings. The van der Waals surface area contributed by atoms with Crippen LogP contribution in [0.2, 0.25) is 0 Å². The Bertz CT molecular complexity index is 165. The summed E-state index contributed by atoms with van der Waals surface area (Å²) in [6, 6.07) is 0. The van der Waals surface area contributed by atoms with Gasteiger partial charge < -0.3 is 14.2 Å². The lowest BCUT2D eigenvalue weighted by Crippen LogP contribution is -2.31. The molecular formula is C9H18O4. The van der Waals surface area contributed by atoms with Crippen molar-refractivity contribution in [2.75, 3.05) is 20.8 Å². The van der Waals surface area contributed by atoms with Gasteiger partial charge >= 0.3 is 5.97 Å². The maximum atomic E-state index is 11.0. The van der Waals surface area contributed by atoms with Crippen LogP contribution in [0.15, 0.2) is 0 Å². The minimum atomic E-state index is -0.651. The smallest absolute Gasteiger partial charge is 0.310 e. The molecule has 0 bridgehead atoms. The van der Waals surface area contributed by atoms with Crippen molar-refractivity contribution in [3.05, 3.63) is 0 Å². The van der Waals surface area contributed by atoms with Crippen LogP contribution in [0.4, 0.5) is 0 Å². The molecule has 1 atom stereocenters. The second-order valence-electron chi connectivity index (χ2n) is 3.34. The van der Waals surface area contributed by atoms with Gasteiger partial charge in [-0.1, -0.05) is 0 Å². The highest BCUT2D eigenvalue weighted by atomic mass is 16.7. The SMILES string of the molecule is COC(=O)[C@@H](C)COC(C)(C)OC. The lowest BCUT2D eigenvalue weighted by molar-refractivity contribution is -0.205. The third-order valence-electron chi connectivity index (χ3n) is 1.78. The molecule has 4 nitrogen and oxygen atoms in total. The molecule has 0 saturated heterocycles. The molecule has 13 heavy (non-hydrogen) atoms. The molecule has 0 aromatic carbocycles. The zero-order valence-electron chi connectivity index (χ0n) is 8.92. The van der Waals surface area contributed by atoms with Gasteiger partial charge in [0, 0.05) is 7.11 Å². The zero-order chi connectivity index (χ0) is 10.5. The van der Waals surface area contributed by atoms with Crippen LogP contribution in [-0.4, -0.2) is 32.6 Å². The van der Waals surface area contributed by atoms with Crippen LogP contribution < -0.4 is 0 Å². The molecule has 0 rings (SSSR count). The largest absolute Gasteiger partial charge is 0.469 e. The van der Waals surface area contributed by atoms with E-state index in [0.717, 1.165) is 0 Å². The van der Waals surface area contributed by atoms with Gasteiger partial charge in [-0.15, -0.1) is 0 Å². The molecule has 0 aromatic heterocycles. The van der Waals surface area contributed by atoms with Crippen LogP contribution in [0.5, 0.6) is 0 Å². The van der Waals surface area contributed by atoms with E-state index in [1.807, 2.05) is 0 Å². The van der Waals surface area contributed by atoms with Crippen LogP contribution in [-0.2, 0) is 19.0 Å². The fourth-order valence-corrected chi connectivity index (χ4v) is 0.654. The molecule has 0 amide bonds. The Hall–Kier alpha value is -0.610. The van der Waals surface area contributed by atoms with E-state index >= 15 is 0 Å². The molecule has 0 aromatic rings. The van der Waals surface area contributed by atoms with E-state index in [-0.39, 0.29) is 11.9 Å². The molecule has 0 aliphatic carbocycles. The van der Waals surface area contributed by atoms with Gasteiger partial charge in [-0.2, -0.15) is 0 Å². The maximum absolute atomic E-state index is 11.0. The molecule has 78 valence electrons. The molecule has 0 aliphatic rings. The number of carbonyl (C=O) groups is 1. The van der Waals surface area contributed by atoms with Gasteiger partial charge in [0.15, 0.2) is 5.79 Å². The molecule has 0 aliphatic heterocycles. The highest BCUT2D eigenvalue weighted by Gasteiger charge is 2.21. The number of ether oxygens (including phenoxy) is 3. The lowest BCUT2D eigenvalue weighted by Gasteiger charge is -2.24. The summed E-state index contributed by atoms with van der Waals surface area (Å²) in [6.45, 7) is 5.62. The first kappa shape index (κ1) is 12.4. The predicted octanol–water partition coefficient (Wildman–Crippen LogP) is 1.19. The van der Waals surface area contributed by atoms with E-state index in [1.54, 1.807) is 27.9 Å².